The molecule has 0 radical (unpaired) electrons. The Morgan fingerprint density at radius 2 is 1.68 bits per heavy atom. The van der Waals surface area contributed by atoms with E-state index in [4.69, 9.17) is 14.2 Å². The van der Waals surface area contributed by atoms with E-state index >= 15 is 0 Å². The van der Waals surface area contributed by atoms with Gasteiger partial charge in [0.25, 0.3) is 0 Å². The van der Waals surface area contributed by atoms with Crippen LogP contribution in [0.4, 0.5) is 0 Å². The zero-order valence-electron chi connectivity index (χ0n) is 13.5. The summed E-state index contributed by atoms with van der Waals surface area (Å²) in [5, 5.41) is 0.715. The molecular weight excluding hydrogens is 302 g/mol. The molecule has 1 aromatic heterocycles. The number of nitrogens with one attached hydrogen (secondary N) is 1. The number of hydrogen-bond donors (Lipinski definition) is 1. The monoisotopic (exact) mass is 323 g/mol. The first kappa shape index (κ1) is 17.8. The molecular formula is C16H21NO4S. The molecule has 0 fully saturated rings. The number of methoxy groups -OCH3 is 3. The number of ether oxygens (including phenoxy) is 3. The second-order valence-electron chi connectivity index (χ2n) is 4.30. The zero-order valence-corrected chi connectivity index (χ0v) is 14.3. The number of benzene rings is 1. The summed E-state index contributed by atoms with van der Waals surface area (Å²) in [4.78, 5) is 13.1. The minimum atomic E-state index is -0.0342. The minimum Gasteiger partial charge on any atom is -0.496 e. The van der Waals surface area contributed by atoms with Gasteiger partial charge in [0, 0.05) is 17.7 Å². The van der Waals surface area contributed by atoms with Crippen molar-refractivity contribution in [3.05, 3.63) is 37.2 Å². The van der Waals surface area contributed by atoms with E-state index in [0.29, 0.717) is 5.35 Å². The lowest BCUT2D eigenvalue weighted by atomic mass is 10.2. The number of aromatic nitrogens is 1. The van der Waals surface area contributed by atoms with E-state index in [1.165, 1.54) is 11.3 Å². The van der Waals surface area contributed by atoms with Crippen LogP contribution in [0.2, 0.25) is 0 Å². The molecule has 22 heavy (non-hydrogen) atoms. The Hall–Kier alpha value is -2.21. The number of hydrogen-bond acceptors (Lipinski definition) is 5. The summed E-state index contributed by atoms with van der Waals surface area (Å²) >= 11 is 1.19. The van der Waals surface area contributed by atoms with Crippen LogP contribution in [0.15, 0.2) is 16.9 Å². The molecule has 2 rings (SSSR count). The second-order valence-corrected chi connectivity index (χ2v) is 5.32. The van der Waals surface area contributed by atoms with Crippen LogP contribution in [-0.2, 0) is 0 Å². The highest BCUT2D eigenvalue weighted by atomic mass is 32.1. The fourth-order valence-corrected chi connectivity index (χ4v) is 2.45. The zero-order chi connectivity index (χ0) is 16.7. The molecule has 0 amide bonds. The van der Waals surface area contributed by atoms with E-state index < -0.39 is 0 Å². The van der Waals surface area contributed by atoms with Gasteiger partial charge in [-0.05, 0) is 13.8 Å². The van der Waals surface area contributed by atoms with Crippen molar-refractivity contribution in [1.82, 2.24) is 4.98 Å². The number of rotatable bonds is 3. The second kappa shape index (κ2) is 8.29. The molecule has 0 bridgehead atoms. The van der Waals surface area contributed by atoms with Gasteiger partial charge >= 0.3 is 4.87 Å². The van der Waals surface area contributed by atoms with Gasteiger partial charge in [-0.25, -0.2) is 0 Å². The van der Waals surface area contributed by atoms with Gasteiger partial charge in [0.05, 0.1) is 31.2 Å². The topological polar surface area (TPSA) is 60.6 Å². The van der Waals surface area contributed by atoms with Crippen molar-refractivity contribution in [3.8, 4) is 17.2 Å². The highest BCUT2D eigenvalue weighted by Crippen LogP contribution is 2.32. The van der Waals surface area contributed by atoms with Crippen LogP contribution in [0.1, 0.15) is 12.5 Å². The molecule has 0 aliphatic heterocycles. The quantitative estimate of drug-likeness (QED) is 0.933. The van der Waals surface area contributed by atoms with Crippen molar-refractivity contribution < 1.29 is 14.2 Å². The van der Waals surface area contributed by atoms with E-state index in [0.717, 1.165) is 27.3 Å². The third-order valence-corrected chi connectivity index (χ3v) is 3.97. The molecule has 0 aliphatic rings. The van der Waals surface area contributed by atoms with Crippen molar-refractivity contribution in [2.75, 3.05) is 21.3 Å². The van der Waals surface area contributed by atoms with Crippen LogP contribution in [0.3, 0.4) is 0 Å². The molecule has 0 saturated heterocycles. The largest absolute Gasteiger partial charge is 0.496 e. The summed E-state index contributed by atoms with van der Waals surface area (Å²) in [6.45, 7) is 7.46. The van der Waals surface area contributed by atoms with Gasteiger partial charge < -0.3 is 19.2 Å². The highest BCUT2D eigenvalue weighted by molar-refractivity contribution is 7.06. The van der Waals surface area contributed by atoms with Crippen LogP contribution < -0.4 is 29.0 Å². The average molecular weight is 323 g/mol. The predicted molar refractivity (Wildman–Crippen MR) is 90.7 cm³/mol. The standard InChI is InChI=1S/C10H14O3.C6H7NOS/c1-7-9(12-3)5-8(11-2)6-10(7)13-4;1-3-5-4(2)7-6(8)9-5/h5-6H,1-4H3;3H,2H2,1H3,(H,7,8)/b;5-3-. The summed E-state index contributed by atoms with van der Waals surface area (Å²) in [6.07, 6.45) is 1.87. The molecule has 2 aromatic rings. The fraction of sp³-hybridized carbons (Fsp3) is 0.312. The lowest BCUT2D eigenvalue weighted by Gasteiger charge is -2.11. The van der Waals surface area contributed by atoms with Gasteiger partial charge in [0.1, 0.15) is 17.2 Å². The lowest BCUT2D eigenvalue weighted by Crippen LogP contribution is -2.18. The SMILES string of the molecule is C=c1[nH]c(=O)s/c1=C\C.COc1cc(OC)c(C)c(OC)c1. The van der Waals surface area contributed by atoms with Gasteiger partial charge in [-0.2, -0.15) is 0 Å². The number of aromatic amines is 1. The summed E-state index contributed by atoms with van der Waals surface area (Å²) in [6, 6.07) is 3.66. The first-order chi connectivity index (χ1) is 10.5. The Kier molecular flexibility index (Phi) is 6.72. The molecule has 0 unspecified atom stereocenters. The van der Waals surface area contributed by atoms with Crippen LogP contribution in [0, 0.1) is 6.92 Å². The molecule has 1 N–H and O–H groups in total. The molecule has 0 spiro atoms. The number of thiazole rings is 1. The van der Waals surface area contributed by atoms with Crippen LogP contribution in [0.5, 0.6) is 17.2 Å². The van der Waals surface area contributed by atoms with Gasteiger partial charge in [0.2, 0.25) is 0 Å². The Bertz CT molecular complexity index is 751. The van der Waals surface area contributed by atoms with Gasteiger partial charge in [-0.3, -0.25) is 4.79 Å². The molecule has 120 valence electrons. The Morgan fingerprint density at radius 1 is 1.14 bits per heavy atom. The summed E-state index contributed by atoms with van der Waals surface area (Å²) in [7, 11) is 4.87. The maximum Gasteiger partial charge on any atom is 0.305 e. The van der Waals surface area contributed by atoms with E-state index in [2.05, 4.69) is 11.6 Å². The summed E-state index contributed by atoms with van der Waals surface area (Å²) < 4.78 is 16.4. The van der Waals surface area contributed by atoms with Crippen LogP contribution in [0.25, 0.3) is 12.7 Å². The molecule has 1 aromatic carbocycles. The molecule has 1 heterocycles. The normalized spacial score (nSPS) is 10.7. The Balaban J connectivity index is 0.000000235. The van der Waals surface area contributed by atoms with E-state index in [1.807, 2.05) is 32.1 Å². The van der Waals surface area contributed by atoms with Crippen LogP contribution >= 0.6 is 11.3 Å². The van der Waals surface area contributed by atoms with Crippen molar-refractivity contribution in [3.63, 3.8) is 0 Å². The van der Waals surface area contributed by atoms with Gasteiger partial charge in [0.15, 0.2) is 0 Å². The highest BCUT2D eigenvalue weighted by Gasteiger charge is 2.07. The molecule has 6 heteroatoms. The Labute approximate surface area is 133 Å². The van der Waals surface area contributed by atoms with Gasteiger partial charge in [-0.15, -0.1) is 0 Å². The lowest BCUT2D eigenvalue weighted by molar-refractivity contribution is 0.371. The van der Waals surface area contributed by atoms with Crippen LogP contribution in [-0.4, -0.2) is 26.3 Å². The average Bonchev–Trinajstić information content (AvgIpc) is 2.86. The Morgan fingerprint density at radius 3 is 1.95 bits per heavy atom. The van der Waals surface area contributed by atoms with E-state index in [9.17, 15) is 4.79 Å². The molecule has 0 aliphatic carbocycles. The van der Waals surface area contributed by atoms with Crippen molar-refractivity contribution >= 4 is 24.0 Å². The first-order valence-electron chi connectivity index (χ1n) is 6.57. The predicted octanol–water partition coefficient (Wildman–Crippen LogP) is 1.67. The third kappa shape index (κ3) is 4.39. The van der Waals surface area contributed by atoms with E-state index in [1.54, 1.807) is 21.3 Å². The van der Waals surface area contributed by atoms with Crippen molar-refractivity contribution in [1.29, 1.82) is 0 Å². The van der Waals surface area contributed by atoms with E-state index in [-0.39, 0.29) is 4.87 Å². The maximum atomic E-state index is 10.6. The van der Waals surface area contributed by atoms with Gasteiger partial charge in [-0.1, -0.05) is 24.0 Å². The van der Waals surface area contributed by atoms with Crippen molar-refractivity contribution in [2.24, 2.45) is 0 Å². The minimum absolute atomic E-state index is 0.0342. The fourth-order valence-electron chi connectivity index (χ4n) is 1.78. The summed E-state index contributed by atoms with van der Waals surface area (Å²) in [5.41, 5.74) is 0.978. The third-order valence-electron chi connectivity index (χ3n) is 2.98. The first-order valence-corrected chi connectivity index (χ1v) is 7.39. The maximum absolute atomic E-state index is 10.6. The smallest absolute Gasteiger partial charge is 0.305 e. The number of H-pyrrole nitrogens is 1. The molecule has 0 atom stereocenters. The van der Waals surface area contributed by atoms with Crippen molar-refractivity contribution in [2.45, 2.75) is 13.8 Å². The molecule has 0 saturated carbocycles. The molecule has 5 nitrogen and oxygen atoms in total. The summed E-state index contributed by atoms with van der Waals surface area (Å²) in [5.74, 6) is 2.28.